The van der Waals surface area contributed by atoms with Crippen LogP contribution in [0.4, 0.5) is 0 Å². The molecule has 118 valence electrons. The zero-order valence-electron chi connectivity index (χ0n) is 14.6. The second kappa shape index (κ2) is 6.58. The summed E-state index contributed by atoms with van der Waals surface area (Å²) in [6, 6.07) is 17.6. The maximum atomic E-state index is 2.46. The first kappa shape index (κ1) is 15.8. The fraction of sp³-hybridized carbons (Fsp3) is 0.304. The number of rotatable bonds is 3. The Morgan fingerprint density at radius 3 is 1.83 bits per heavy atom. The summed E-state index contributed by atoms with van der Waals surface area (Å²) < 4.78 is 0. The normalized spacial score (nSPS) is 17.9. The summed E-state index contributed by atoms with van der Waals surface area (Å²) in [6.07, 6.45) is 6.03. The summed E-state index contributed by atoms with van der Waals surface area (Å²) in [7, 11) is 0. The lowest BCUT2D eigenvalue weighted by Gasteiger charge is -2.28. The van der Waals surface area contributed by atoms with E-state index in [9.17, 15) is 0 Å². The van der Waals surface area contributed by atoms with Crippen molar-refractivity contribution in [3.05, 3.63) is 94.1 Å². The summed E-state index contributed by atoms with van der Waals surface area (Å²) in [5, 5.41) is 0. The fourth-order valence-electron chi connectivity index (χ4n) is 3.73. The highest BCUT2D eigenvalue weighted by Crippen LogP contribution is 2.40. The molecule has 1 aliphatic carbocycles. The highest BCUT2D eigenvalue weighted by atomic mass is 14.3. The molecule has 0 fully saturated rings. The molecule has 1 unspecified atom stereocenters. The van der Waals surface area contributed by atoms with Crippen LogP contribution in [0.15, 0.2) is 71.8 Å². The van der Waals surface area contributed by atoms with Gasteiger partial charge in [-0.3, -0.25) is 0 Å². The van der Waals surface area contributed by atoms with Gasteiger partial charge >= 0.3 is 0 Å². The molecule has 0 bridgehead atoms. The summed E-state index contributed by atoms with van der Waals surface area (Å²) >= 11 is 0. The van der Waals surface area contributed by atoms with E-state index in [1.54, 1.807) is 0 Å². The maximum absolute atomic E-state index is 2.46. The van der Waals surface area contributed by atoms with Gasteiger partial charge in [-0.2, -0.15) is 0 Å². The Hall–Kier alpha value is -2.08. The molecule has 0 aromatic heterocycles. The minimum Gasteiger partial charge on any atom is -0.0795 e. The average Bonchev–Trinajstić information content (AvgIpc) is 2.53. The average molecular weight is 302 g/mol. The fourth-order valence-corrected chi connectivity index (χ4v) is 3.73. The molecule has 0 spiro atoms. The van der Waals surface area contributed by atoms with Crippen LogP contribution in [-0.2, 0) is 0 Å². The Kier molecular flexibility index (Phi) is 4.52. The first-order valence-corrected chi connectivity index (χ1v) is 8.58. The molecule has 0 radical (unpaired) electrons. The predicted molar refractivity (Wildman–Crippen MR) is 99.8 cm³/mol. The molecule has 23 heavy (non-hydrogen) atoms. The van der Waals surface area contributed by atoms with E-state index in [4.69, 9.17) is 0 Å². The van der Waals surface area contributed by atoms with Gasteiger partial charge in [-0.1, -0.05) is 73.2 Å². The van der Waals surface area contributed by atoms with E-state index >= 15 is 0 Å². The van der Waals surface area contributed by atoms with E-state index in [2.05, 4.69) is 88.4 Å². The van der Waals surface area contributed by atoms with Gasteiger partial charge in [0.15, 0.2) is 0 Å². The predicted octanol–water partition coefficient (Wildman–Crippen LogP) is 6.35. The summed E-state index contributed by atoms with van der Waals surface area (Å²) in [5.74, 6) is 0.981. The highest BCUT2D eigenvalue weighted by Gasteiger charge is 2.24. The lowest BCUT2D eigenvalue weighted by molar-refractivity contribution is 0.710. The molecule has 3 rings (SSSR count). The van der Waals surface area contributed by atoms with E-state index < -0.39 is 0 Å². The van der Waals surface area contributed by atoms with Crippen molar-refractivity contribution >= 4 is 0 Å². The van der Waals surface area contributed by atoms with Crippen LogP contribution in [0.2, 0.25) is 0 Å². The molecule has 0 aliphatic heterocycles. The van der Waals surface area contributed by atoms with Gasteiger partial charge in [-0.15, -0.1) is 0 Å². The lowest BCUT2D eigenvalue weighted by Crippen LogP contribution is -2.12. The Bertz CT molecular complexity index is 716. The molecule has 1 aliphatic rings. The Balaban J connectivity index is 2.18. The van der Waals surface area contributed by atoms with Gasteiger partial charge in [0.1, 0.15) is 0 Å². The SMILES string of the molecule is CC1=CC(C)CC=C1C(c1ccccc1C)c1ccccc1C. The zero-order chi connectivity index (χ0) is 16.4. The second-order valence-electron chi connectivity index (χ2n) is 6.87. The summed E-state index contributed by atoms with van der Waals surface area (Å²) in [6.45, 7) is 9.02. The first-order valence-electron chi connectivity index (χ1n) is 8.58. The molecule has 0 saturated carbocycles. The van der Waals surface area contributed by atoms with E-state index in [0.717, 1.165) is 6.42 Å². The summed E-state index contributed by atoms with van der Waals surface area (Å²) in [4.78, 5) is 0. The second-order valence-corrected chi connectivity index (χ2v) is 6.87. The number of aryl methyl sites for hydroxylation is 2. The van der Waals surface area contributed by atoms with Crippen molar-refractivity contribution in [2.75, 3.05) is 0 Å². The van der Waals surface area contributed by atoms with Crippen LogP contribution in [0.3, 0.4) is 0 Å². The van der Waals surface area contributed by atoms with Gasteiger partial charge in [0.25, 0.3) is 0 Å². The largest absolute Gasteiger partial charge is 0.0795 e. The van der Waals surface area contributed by atoms with Crippen molar-refractivity contribution in [1.82, 2.24) is 0 Å². The van der Waals surface area contributed by atoms with Gasteiger partial charge in [-0.05, 0) is 60.9 Å². The third kappa shape index (κ3) is 3.17. The van der Waals surface area contributed by atoms with Gasteiger partial charge in [0.2, 0.25) is 0 Å². The van der Waals surface area contributed by atoms with Crippen molar-refractivity contribution in [3.8, 4) is 0 Å². The minimum absolute atomic E-state index is 0.334. The van der Waals surface area contributed by atoms with E-state index in [1.165, 1.54) is 33.4 Å². The third-order valence-electron chi connectivity index (χ3n) is 5.01. The number of hydrogen-bond acceptors (Lipinski definition) is 0. The number of hydrogen-bond donors (Lipinski definition) is 0. The van der Waals surface area contributed by atoms with Gasteiger partial charge in [0.05, 0.1) is 0 Å². The maximum Gasteiger partial charge on any atom is 0.0344 e. The number of allylic oxidation sites excluding steroid dienone is 4. The molecule has 0 heterocycles. The molecule has 0 amide bonds. The van der Waals surface area contributed by atoms with Crippen LogP contribution in [0.5, 0.6) is 0 Å². The zero-order valence-corrected chi connectivity index (χ0v) is 14.6. The standard InChI is InChI=1S/C23H26/c1-16-13-14-22(19(4)15-16)23(20-11-7-5-9-17(20)2)21-12-8-6-10-18(21)3/h5-12,14-16,23H,13H2,1-4H3. The van der Waals surface area contributed by atoms with Gasteiger partial charge in [0, 0.05) is 5.92 Å². The van der Waals surface area contributed by atoms with Crippen LogP contribution >= 0.6 is 0 Å². The van der Waals surface area contributed by atoms with E-state index in [-0.39, 0.29) is 0 Å². The molecule has 0 saturated heterocycles. The lowest BCUT2D eigenvalue weighted by atomic mass is 9.76. The topological polar surface area (TPSA) is 0 Å². The number of benzene rings is 2. The monoisotopic (exact) mass is 302 g/mol. The highest BCUT2D eigenvalue weighted by molar-refractivity contribution is 5.53. The van der Waals surface area contributed by atoms with Crippen molar-refractivity contribution in [2.45, 2.75) is 40.0 Å². The van der Waals surface area contributed by atoms with Crippen molar-refractivity contribution in [1.29, 1.82) is 0 Å². The van der Waals surface area contributed by atoms with Crippen LogP contribution in [0, 0.1) is 19.8 Å². The molecule has 0 nitrogen and oxygen atoms in total. The molecular formula is C23H26. The first-order chi connectivity index (χ1) is 11.1. The van der Waals surface area contributed by atoms with Crippen molar-refractivity contribution < 1.29 is 0 Å². The molecule has 0 heteroatoms. The Labute approximate surface area is 140 Å². The van der Waals surface area contributed by atoms with Crippen molar-refractivity contribution in [3.63, 3.8) is 0 Å². The third-order valence-corrected chi connectivity index (χ3v) is 5.01. The molecular weight excluding hydrogens is 276 g/mol. The van der Waals surface area contributed by atoms with Crippen molar-refractivity contribution in [2.24, 2.45) is 5.92 Å². The quantitative estimate of drug-likeness (QED) is 0.620. The Morgan fingerprint density at radius 1 is 0.826 bits per heavy atom. The summed E-state index contributed by atoms with van der Waals surface area (Å²) in [5.41, 5.74) is 8.50. The Morgan fingerprint density at radius 2 is 1.35 bits per heavy atom. The van der Waals surface area contributed by atoms with Gasteiger partial charge < -0.3 is 0 Å². The molecule has 1 atom stereocenters. The van der Waals surface area contributed by atoms with E-state index in [1.807, 2.05) is 0 Å². The van der Waals surface area contributed by atoms with Crippen LogP contribution < -0.4 is 0 Å². The van der Waals surface area contributed by atoms with E-state index in [0.29, 0.717) is 11.8 Å². The molecule has 0 N–H and O–H groups in total. The van der Waals surface area contributed by atoms with Crippen LogP contribution in [0.25, 0.3) is 0 Å². The van der Waals surface area contributed by atoms with Crippen LogP contribution in [-0.4, -0.2) is 0 Å². The minimum atomic E-state index is 0.334. The smallest absolute Gasteiger partial charge is 0.0344 e. The molecule has 2 aromatic carbocycles. The molecule has 2 aromatic rings. The van der Waals surface area contributed by atoms with Gasteiger partial charge in [-0.25, -0.2) is 0 Å². The van der Waals surface area contributed by atoms with Crippen LogP contribution in [0.1, 0.15) is 48.4 Å².